The number of hydrogen-bond donors (Lipinski definition) is 2. The number of rotatable bonds is 4. The summed E-state index contributed by atoms with van der Waals surface area (Å²) in [7, 11) is -4.02. The number of carbonyl (C=O) groups is 1. The van der Waals surface area contributed by atoms with Crippen LogP contribution in [0, 0.1) is 12.8 Å². The SMILES string of the molecule is C[C@H](N)C(=O)OCC1CC1.Cc1ccc(S(=O)(=O)O)cc1. The van der Waals surface area contributed by atoms with Crippen molar-refractivity contribution in [3.8, 4) is 0 Å². The molecule has 1 aromatic rings. The van der Waals surface area contributed by atoms with E-state index in [9.17, 15) is 13.2 Å². The molecule has 1 aliphatic carbocycles. The van der Waals surface area contributed by atoms with Gasteiger partial charge in [-0.2, -0.15) is 8.42 Å². The standard InChI is InChI=1S/C7H13NO2.C7H8O3S/c1-5(8)7(9)10-4-6-2-3-6;1-6-2-4-7(5-3-6)11(8,9)10/h5-6H,2-4,8H2,1H3;2-5H,1H3,(H,8,9,10)/t5-;/m0./s1. The highest BCUT2D eigenvalue weighted by Gasteiger charge is 2.23. The van der Waals surface area contributed by atoms with Crippen molar-refractivity contribution in [3.63, 3.8) is 0 Å². The topological polar surface area (TPSA) is 107 Å². The molecule has 1 aliphatic rings. The molecule has 0 bridgehead atoms. The first-order valence-electron chi connectivity index (χ1n) is 6.66. The summed E-state index contributed by atoms with van der Waals surface area (Å²) in [4.78, 5) is 10.7. The smallest absolute Gasteiger partial charge is 0.322 e. The molecule has 21 heavy (non-hydrogen) atoms. The van der Waals surface area contributed by atoms with E-state index in [1.807, 2.05) is 6.92 Å². The lowest BCUT2D eigenvalue weighted by Gasteiger charge is -2.04. The summed E-state index contributed by atoms with van der Waals surface area (Å²) in [6.07, 6.45) is 2.40. The Bertz CT molecular complexity index is 562. The van der Waals surface area contributed by atoms with Gasteiger partial charge in [-0.3, -0.25) is 9.35 Å². The second-order valence-electron chi connectivity index (χ2n) is 5.15. The van der Waals surface area contributed by atoms with E-state index in [0.29, 0.717) is 12.5 Å². The van der Waals surface area contributed by atoms with Crippen LogP contribution in [0.5, 0.6) is 0 Å². The van der Waals surface area contributed by atoms with Crippen LogP contribution in [0.15, 0.2) is 29.2 Å². The molecule has 0 aromatic heterocycles. The van der Waals surface area contributed by atoms with Crippen molar-refractivity contribution in [2.75, 3.05) is 6.61 Å². The van der Waals surface area contributed by atoms with Crippen molar-refractivity contribution in [2.45, 2.75) is 37.6 Å². The zero-order valence-corrected chi connectivity index (χ0v) is 13.0. The molecule has 118 valence electrons. The maximum Gasteiger partial charge on any atom is 0.322 e. The molecular weight excluding hydrogens is 294 g/mol. The highest BCUT2D eigenvalue weighted by atomic mass is 32.2. The van der Waals surface area contributed by atoms with E-state index in [-0.39, 0.29) is 10.9 Å². The molecule has 6 nitrogen and oxygen atoms in total. The molecule has 0 heterocycles. The number of benzene rings is 1. The molecule has 0 unspecified atom stereocenters. The van der Waals surface area contributed by atoms with Gasteiger partial charge in [0.15, 0.2) is 0 Å². The zero-order chi connectivity index (χ0) is 16.0. The number of aryl methyl sites for hydroxylation is 1. The third kappa shape index (κ3) is 7.22. The van der Waals surface area contributed by atoms with Crippen LogP contribution in [-0.4, -0.2) is 31.6 Å². The van der Waals surface area contributed by atoms with Gasteiger partial charge in [-0.1, -0.05) is 17.7 Å². The van der Waals surface area contributed by atoms with Crippen LogP contribution in [0.1, 0.15) is 25.3 Å². The molecule has 0 amide bonds. The number of nitrogens with two attached hydrogens (primary N) is 1. The summed E-state index contributed by atoms with van der Waals surface area (Å²) in [5, 5.41) is 0. The Morgan fingerprint density at radius 3 is 2.29 bits per heavy atom. The van der Waals surface area contributed by atoms with Crippen LogP contribution in [0.2, 0.25) is 0 Å². The quantitative estimate of drug-likeness (QED) is 0.644. The third-order valence-electron chi connectivity index (χ3n) is 2.85. The van der Waals surface area contributed by atoms with Crippen molar-refractivity contribution in [3.05, 3.63) is 29.8 Å². The van der Waals surface area contributed by atoms with Gasteiger partial charge in [0.1, 0.15) is 6.04 Å². The Balaban J connectivity index is 0.000000211. The molecule has 0 spiro atoms. The minimum absolute atomic E-state index is 0.0666. The monoisotopic (exact) mass is 315 g/mol. The molecule has 1 saturated carbocycles. The predicted molar refractivity (Wildman–Crippen MR) is 78.3 cm³/mol. The molecule has 0 saturated heterocycles. The fraction of sp³-hybridized carbons (Fsp3) is 0.500. The van der Waals surface area contributed by atoms with Gasteiger partial charge >= 0.3 is 5.97 Å². The zero-order valence-electron chi connectivity index (χ0n) is 12.2. The van der Waals surface area contributed by atoms with Gasteiger partial charge in [0.05, 0.1) is 11.5 Å². The molecule has 2 rings (SSSR count). The molecule has 7 heteroatoms. The van der Waals surface area contributed by atoms with Crippen molar-refractivity contribution >= 4 is 16.1 Å². The van der Waals surface area contributed by atoms with Crippen molar-refractivity contribution in [1.29, 1.82) is 0 Å². The molecule has 3 N–H and O–H groups in total. The highest BCUT2D eigenvalue weighted by Crippen LogP contribution is 2.28. The number of esters is 1. The highest BCUT2D eigenvalue weighted by molar-refractivity contribution is 7.85. The van der Waals surface area contributed by atoms with Crippen molar-refractivity contribution < 1.29 is 22.5 Å². The Labute approximate surface area is 125 Å². The van der Waals surface area contributed by atoms with Gasteiger partial charge < -0.3 is 10.5 Å². The lowest BCUT2D eigenvalue weighted by Crippen LogP contribution is -2.29. The Kier molecular flexibility index (Phi) is 6.32. The Morgan fingerprint density at radius 2 is 1.90 bits per heavy atom. The number of hydrogen-bond acceptors (Lipinski definition) is 5. The summed E-state index contributed by atoms with van der Waals surface area (Å²) in [6, 6.07) is 5.51. The minimum atomic E-state index is -4.02. The van der Waals surface area contributed by atoms with Gasteiger partial charge in [0, 0.05) is 0 Å². The van der Waals surface area contributed by atoms with Crippen LogP contribution in [0.3, 0.4) is 0 Å². The molecular formula is C14H21NO5S. The van der Waals surface area contributed by atoms with E-state index in [4.69, 9.17) is 15.0 Å². The molecule has 0 aliphatic heterocycles. The fourth-order valence-electron chi connectivity index (χ4n) is 1.33. The first-order chi connectivity index (χ1) is 9.70. The first-order valence-corrected chi connectivity index (χ1v) is 8.10. The van der Waals surface area contributed by atoms with E-state index in [1.165, 1.54) is 25.0 Å². The maximum absolute atomic E-state index is 10.7. The first kappa shape index (κ1) is 17.6. The summed E-state index contributed by atoms with van der Waals surface area (Å²) < 4.78 is 34.4. The Hall–Kier alpha value is -1.44. The van der Waals surface area contributed by atoms with Crippen LogP contribution < -0.4 is 5.73 Å². The largest absolute Gasteiger partial charge is 0.464 e. The Morgan fingerprint density at radius 1 is 1.38 bits per heavy atom. The van der Waals surface area contributed by atoms with Crippen molar-refractivity contribution in [2.24, 2.45) is 11.7 Å². The van der Waals surface area contributed by atoms with Crippen LogP contribution >= 0.6 is 0 Å². The van der Waals surface area contributed by atoms with Gasteiger partial charge in [-0.15, -0.1) is 0 Å². The summed E-state index contributed by atoms with van der Waals surface area (Å²) in [5.41, 5.74) is 6.22. The normalized spacial score (nSPS) is 15.6. The predicted octanol–water partition coefficient (Wildman–Crippen LogP) is 1.53. The second kappa shape index (κ2) is 7.53. The van der Waals surface area contributed by atoms with E-state index in [0.717, 1.165) is 5.56 Å². The molecule has 1 fully saturated rings. The maximum atomic E-state index is 10.7. The fourth-order valence-corrected chi connectivity index (χ4v) is 1.81. The van der Waals surface area contributed by atoms with E-state index < -0.39 is 16.2 Å². The van der Waals surface area contributed by atoms with Gasteiger partial charge in [0.25, 0.3) is 10.1 Å². The van der Waals surface area contributed by atoms with E-state index >= 15 is 0 Å². The third-order valence-corrected chi connectivity index (χ3v) is 3.72. The van der Waals surface area contributed by atoms with Gasteiger partial charge in [-0.25, -0.2) is 0 Å². The minimum Gasteiger partial charge on any atom is -0.464 e. The van der Waals surface area contributed by atoms with Gasteiger partial charge in [-0.05, 0) is 44.7 Å². The summed E-state index contributed by atoms with van der Waals surface area (Å²) in [6.45, 7) is 4.05. The van der Waals surface area contributed by atoms with Crippen molar-refractivity contribution in [1.82, 2.24) is 0 Å². The van der Waals surface area contributed by atoms with Crippen LogP contribution in [0.4, 0.5) is 0 Å². The van der Waals surface area contributed by atoms with E-state index in [1.54, 1.807) is 19.1 Å². The van der Waals surface area contributed by atoms with E-state index in [2.05, 4.69) is 0 Å². The number of ether oxygens (including phenoxy) is 1. The lowest BCUT2D eigenvalue weighted by atomic mass is 10.2. The summed E-state index contributed by atoms with van der Waals surface area (Å²) >= 11 is 0. The lowest BCUT2D eigenvalue weighted by molar-refractivity contribution is -0.145. The molecule has 1 atom stereocenters. The summed E-state index contributed by atoms with van der Waals surface area (Å²) in [5.74, 6) is 0.342. The van der Waals surface area contributed by atoms with Crippen LogP contribution in [0.25, 0.3) is 0 Å². The van der Waals surface area contributed by atoms with Crippen LogP contribution in [-0.2, 0) is 19.6 Å². The molecule has 0 radical (unpaired) electrons. The van der Waals surface area contributed by atoms with Gasteiger partial charge in [0.2, 0.25) is 0 Å². The second-order valence-corrected chi connectivity index (χ2v) is 6.57. The average molecular weight is 315 g/mol. The molecule has 1 aromatic carbocycles. The average Bonchev–Trinajstić information content (AvgIpc) is 3.20. The number of carbonyl (C=O) groups excluding carboxylic acids is 1.